The predicted molar refractivity (Wildman–Crippen MR) is 176 cm³/mol. The van der Waals surface area contributed by atoms with Crippen LogP contribution in [0.4, 0.5) is 5.69 Å². The van der Waals surface area contributed by atoms with Crippen LogP contribution in [-0.2, 0) is 31.4 Å². The van der Waals surface area contributed by atoms with Gasteiger partial charge in [0.05, 0.1) is 31.6 Å². The van der Waals surface area contributed by atoms with Crippen LogP contribution >= 0.6 is 0 Å². The topological polar surface area (TPSA) is 146 Å². The second kappa shape index (κ2) is 17.0. The Balaban J connectivity index is 0.000000261. The van der Waals surface area contributed by atoms with Gasteiger partial charge in [0.2, 0.25) is 0 Å². The first-order valence-electron chi connectivity index (χ1n) is 16.2. The molecule has 0 saturated carbocycles. The van der Waals surface area contributed by atoms with Gasteiger partial charge in [-0.05, 0) is 31.0 Å². The molecule has 3 aliphatic rings. The smallest absolute Gasteiger partial charge is 1.00 e. The number of aromatic nitrogens is 2. The number of epoxide rings is 1. The molecule has 2 aromatic carbocycles. The molecular weight excluding hydrogens is 727 g/mol. The van der Waals surface area contributed by atoms with Gasteiger partial charge in [-0.2, -0.15) is 0 Å². The maximum Gasteiger partial charge on any atom is 1.00 e. The predicted octanol–water partition coefficient (Wildman–Crippen LogP) is -3.34. The molecule has 15 heteroatoms. The monoisotopic (exact) mass is 772 g/mol. The number of esters is 1. The van der Waals surface area contributed by atoms with Gasteiger partial charge in [0.25, 0.3) is 5.56 Å². The van der Waals surface area contributed by atoms with Crippen molar-refractivity contribution in [1.29, 1.82) is 0 Å². The molecule has 2 unspecified atom stereocenters. The van der Waals surface area contributed by atoms with E-state index < -0.39 is 21.9 Å². The zero-order valence-corrected chi connectivity index (χ0v) is 33.5. The number of halogens is 1. The van der Waals surface area contributed by atoms with Crippen LogP contribution in [-0.4, -0.2) is 101 Å². The molecule has 6 rings (SSSR count). The van der Waals surface area contributed by atoms with Crippen LogP contribution in [0.25, 0.3) is 5.69 Å². The van der Waals surface area contributed by atoms with Crippen molar-refractivity contribution in [3.8, 4) is 5.69 Å². The quantitative estimate of drug-likeness (QED) is 0.0696. The van der Waals surface area contributed by atoms with Gasteiger partial charge in [0.1, 0.15) is 58.0 Å². The maximum atomic E-state index is 12.7. The van der Waals surface area contributed by atoms with Crippen molar-refractivity contribution in [2.24, 2.45) is 7.05 Å². The van der Waals surface area contributed by atoms with Gasteiger partial charge < -0.3 is 45.5 Å². The zero-order chi connectivity index (χ0) is 34.1. The number of aliphatic hydroxyl groups is 1. The van der Waals surface area contributed by atoms with Gasteiger partial charge in [-0.1, -0.05) is 61.9 Å². The number of rotatable bonds is 11. The fraction of sp³-hybridized carbons (Fsp3) is 0.529. The number of nitrogens with zero attached hydrogens (tertiary/aromatic N) is 4. The molecule has 3 saturated heterocycles. The Hall–Kier alpha value is -2.01. The molecule has 7 atom stereocenters. The number of quaternary nitrogens is 1. The number of anilines is 1. The Kier molecular flexibility index (Phi) is 14.4. The summed E-state index contributed by atoms with van der Waals surface area (Å²) in [5.41, 5.74) is 1.88. The van der Waals surface area contributed by atoms with E-state index >= 15 is 0 Å². The molecular formula is C34H46BrN4NaO8S. The maximum absolute atomic E-state index is 12.7. The Morgan fingerprint density at radius 2 is 1.65 bits per heavy atom. The van der Waals surface area contributed by atoms with Gasteiger partial charge in [-0.25, -0.2) is 13.1 Å². The molecule has 0 amide bonds. The van der Waals surface area contributed by atoms with E-state index in [1.165, 1.54) is 36.0 Å². The van der Waals surface area contributed by atoms with Crippen LogP contribution in [0.1, 0.15) is 49.8 Å². The molecule has 3 fully saturated rings. The SMILES string of the molecule is CCCC[N+]1(C)[C@@H]2CC(OC(=O)[C@@H](CO)c3ccccc3)C[C@H]1[C@H]1O[C@@H]12.Cc1c(N(C)CS(=O)(=O)[O-])c(=O)n(-c2ccccc2)n1C.[Br-].[Na+]. The average molecular weight is 774 g/mol. The molecule has 1 aromatic heterocycles. The number of aliphatic hydroxyl groups excluding tert-OH is 1. The molecule has 1 N–H and O–H groups in total. The van der Waals surface area contributed by atoms with E-state index in [1.54, 1.807) is 42.9 Å². The fourth-order valence-corrected chi connectivity index (χ4v) is 8.13. The van der Waals surface area contributed by atoms with E-state index in [1.807, 2.05) is 36.4 Å². The number of hydrogen-bond donors (Lipinski definition) is 1. The summed E-state index contributed by atoms with van der Waals surface area (Å²) >= 11 is 0. The first-order valence-corrected chi connectivity index (χ1v) is 17.7. The number of piperidine rings is 1. The fourth-order valence-electron chi connectivity index (χ4n) is 7.53. The Morgan fingerprint density at radius 3 is 2.16 bits per heavy atom. The van der Waals surface area contributed by atoms with E-state index in [0.717, 1.165) is 22.9 Å². The number of carbonyl (C=O) groups excluding carboxylic acids is 1. The van der Waals surface area contributed by atoms with E-state index in [0.29, 0.717) is 35.7 Å². The van der Waals surface area contributed by atoms with E-state index in [9.17, 15) is 27.7 Å². The van der Waals surface area contributed by atoms with Crippen molar-refractivity contribution in [2.75, 3.05) is 38.0 Å². The normalized spacial score (nSPS) is 25.4. The summed E-state index contributed by atoms with van der Waals surface area (Å²) in [5, 5.41) is 9.70. The second-order valence-electron chi connectivity index (χ2n) is 13.1. The summed E-state index contributed by atoms with van der Waals surface area (Å²) in [6, 6.07) is 19.3. The number of benzene rings is 2. The molecule has 0 aliphatic carbocycles. The van der Waals surface area contributed by atoms with Gasteiger partial charge >= 0.3 is 35.5 Å². The molecule has 12 nitrogen and oxygen atoms in total. The molecule has 0 radical (unpaired) electrons. The third-order valence-corrected chi connectivity index (χ3v) is 10.8. The number of likely N-dealkylation sites (N-methyl/N-ethyl adjacent to an activating group) is 1. The Morgan fingerprint density at radius 1 is 1.10 bits per heavy atom. The third-order valence-electron chi connectivity index (χ3n) is 10.0. The van der Waals surface area contributed by atoms with E-state index in [-0.39, 0.29) is 76.5 Å². The molecule has 3 aliphatic heterocycles. The van der Waals surface area contributed by atoms with E-state index in [4.69, 9.17) is 9.47 Å². The average Bonchev–Trinajstić information content (AvgIpc) is 3.75. The molecule has 3 aromatic rings. The van der Waals surface area contributed by atoms with E-state index in [2.05, 4.69) is 14.0 Å². The van der Waals surface area contributed by atoms with Crippen LogP contribution in [0, 0.1) is 6.92 Å². The minimum atomic E-state index is -4.45. The summed E-state index contributed by atoms with van der Waals surface area (Å²) in [7, 11) is 1.02. The minimum absolute atomic E-state index is 0. The van der Waals surface area contributed by atoms with Crippen LogP contribution in [0.2, 0.25) is 0 Å². The summed E-state index contributed by atoms with van der Waals surface area (Å²) in [5.74, 6) is -1.65. The number of carbonyl (C=O) groups is 1. The summed E-state index contributed by atoms with van der Waals surface area (Å²) in [6.45, 7) is 4.90. The number of morpholine rings is 1. The molecule has 49 heavy (non-hydrogen) atoms. The van der Waals surface area contributed by atoms with Crippen LogP contribution in [0.15, 0.2) is 65.5 Å². The summed E-state index contributed by atoms with van der Waals surface area (Å²) in [6.07, 6.45) is 4.83. The number of hydrogen-bond acceptors (Lipinski definition) is 9. The van der Waals surface area contributed by atoms with Gasteiger partial charge in [0, 0.05) is 26.9 Å². The molecule has 0 spiro atoms. The number of unbranched alkanes of at least 4 members (excludes halogenated alkanes) is 1. The molecule has 2 bridgehead atoms. The standard InChI is InChI=1S/C21H30NO4.C13H17N3O4S.BrH.Na/c1-3-4-10-22(2)17-11-15(12-18(22)20-19(17)26-20)25-21(24)16(13-23)14-8-6-5-7-9-14;1-10-12(14(2)9-21(18,19)20)13(17)16(15(10)3)11-7-5-4-6-8-11;;/h5-9,15-20,23H,3-4,10-13H2,1-2H3;4-8H,9H2,1-3H3,(H,18,19,20);1H;/q+1;;;+1/p-2/t15?,16-,17-,18+,19+,20+,22?;;;/m0.../s1. The van der Waals surface area contributed by atoms with Crippen molar-refractivity contribution in [1.82, 2.24) is 9.36 Å². The first kappa shape index (κ1) is 41.4. The molecule has 264 valence electrons. The number of para-hydroxylation sites is 1. The largest absolute Gasteiger partial charge is 1.00 e. The number of fused-ring (bicyclic) bond motifs is 5. The zero-order valence-electron chi connectivity index (χ0n) is 29.1. The summed E-state index contributed by atoms with van der Waals surface area (Å²) < 4.78 is 48.6. The molecule has 4 heterocycles. The van der Waals surface area contributed by atoms with Crippen molar-refractivity contribution in [2.45, 2.75) is 75.8 Å². The van der Waals surface area contributed by atoms with Crippen LogP contribution in [0.5, 0.6) is 0 Å². The van der Waals surface area contributed by atoms with Crippen molar-refractivity contribution < 1.29 is 83.4 Å². The Bertz CT molecular complexity index is 1700. The van der Waals surface area contributed by atoms with Crippen LogP contribution < -0.4 is 57.0 Å². The van der Waals surface area contributed by atoms with Crippen molar-refractivity contribution in [3.63, 3.8) is 0 Å². The second-order valence-corrected chi connectivity index (χ2v) is 14.5. The minimum Gasteiger partial charge on any atom is -1.00 e. The van der Waals surface area contributed by atoms with Gasteiger partial charge in [-0.15, -0.1) is 0 Å². The van der Waals surface area contributed by atoms with Gasteiger partial charge in [-0.3, -0.25) is 14.3 Å². The number of ether oxygens (including phenoxy) is 2. The first-order chi connectivity index (χ1) is 22.3. The Labute approximate surface area is 321 Å². The van der Waals surface area contributed by atoms with Crippen molar-refractivity contribution in [3.05, 3.63) is 82.3 Å². The summed E-state index contributed by atoms with van der Waals surface area (Å²) in [4.78, 5) is 26.4. The van der Waals surface area contributed by atoms with Gasteiger partial charge in [0.15, 0.2) is 0 Å². The van der Waals surface area contributed by atoms with Crippen molar-refractivity contribution >= 4 is 21.8 Å². The third kappa shape index (κ3) is 8.90. The van der Waals surface area contributed by atoms with Crippen LogP contribution in [0.3, 0.4) is 0 Å².